The first-order valence-electron chi connectivity index (χ1n) is 7.62. The van der Waals surface area contributed by atoms with E-state index in [0.29, 0.717) is 11.6 Å². The fourth-order valence-electron chi connectivity index (χ4n) is 3.22. The van der Waals surface area contributed by atoms with Gasteiger partial charge in [0.15, 0.2) is 0 Å². The Morgan fingerprint density at radius 2 is 1.81 bits per heavy atom. The predicted octanol–water partition coefficient (Wildman–Crippen LogP) is 3.06. The maximum Gasteiger partial charge on any atom is 0.249 e. The third-order valence-corrected chi connectivity index (χ3v) is 4.75. The highest BCUT2D eigenvalue weighted by Gasteiger charge is 2.36. The van der Waals surface area contributed by atoms with Crippen molar-refractivity contribution in [3.8, 4) is 0 Å². The van der Waals surface area contributed by atoms with Gasteiger partial charge in [0.05, 0.1) is 12.6 Å². The van der Waals surface area contributed by atoms with Gasteiger partial charge in [0.1, 0.15) is 0 Å². The Morgan fingerprint density at radius 1 is 1.14 bits per heavy atom. The second kappa shape index (κ2) is 6.34. The number of nitrogens with two attached hydrogens (primary N) is 1. The largest absolute Gasteiger partial charge is 0.328 e. The van der Waals surface area contributed by atoms with Gasteiger partial charge in [-0.1, -0.05) is 23.7 Å². The molecule has 1 aromatic rings. The van der Waals surface area contributed by atoms with Crippen LogP contribution in [0.2, 0.25) is 5.02 Å². The lowest BCUT2D eigenvalue weighted by molar-refractivity contribution is -0.182. The number of carbonyl (C=O) groups is 1. The normalized spacial score (nSPS) is 29.6. The van der Waals surface area contributed by atoms with E-state index in [4.69, 9.17) is 22.2 Å². The van der Waals surface area contributed by atoms with Gasteiger partial charge < -0.3 is 5.73 Å². The van der Waals surface area contributed by atoms with Gasteiger partial charge in [0.2, 0.25) is 5.91 Å². The van der Waals surface area contributed by atoms with Crippen molar-refractivity contribution < 1.29 is 9.63 Å². The van der Waals surface area contributed by atoms with Crippen molar-refractivity contribution in [1.29, 1.82) is 0 Å². The summed E-state index contributed by atoms with van der Waals surface area (Å²) in [4.78, 5) is 18.3. The van der Waals surface area contributed by atoms with E-state index in [-0.39, 0.29) is 23.9 Å². The van der Waals surface area contributed by atoms with Crippen LogP contribution in [0.1, 0.15) is 43.7 Å². The fraction of sp³-hybridized carbons (Fsp3) is 0.562. The number of rotatable bonds is 2. The molecule has 3 rings (SSSR count). The molecule has 5 heteroatoms. The third kappa shape index (κ3) is 3.23. The Labute approximate surface area is 130 Å². The topological polar surface area (TPSA) is 55.6 Å². The highest BCUT2D eigenvalue weighted by molar-refractivity contribution is 6.30. The first kappa shape index (κ1) is 14.8. The molecule has 1 saturated heterocycles. The highest BCUT2D eigenvalue weighted by Crippen LogP contribution is 2.34. The standard InChI is InChI=1S/C16H21ClN2O2/c17-13-5-1-11(2-6-13)15-9-10-21-19(15)16(20)12-3-7-14(18)8-4-12/h1-2,5-6,12,14-15H,3-4,7-10,18H2/t12?,14?,15-/m0/s1. The van der Waals surface area contributed by atoms with E-state index in [9.17, 15) is 4.79 Å². The predicted molar refractivity (Wildman–Crippen MR) is 81.5 cm³/mol. The molecule has 0 spiro atoms. The minimum absolute atomic E-state index is 0.00497. The average Bonchev–Trinajstić information content (AvgIpc) is 2.97. The number of carbonyl (C=O) groups excluding carboxylic acids is 1. The summed E-state index contributed by atoms with van der Waals surface area (Å²) in [7, 11) is 0. The van der Waals surface area contributed by atoms with Gasteiger partial charge in [0, 0.05) is 23.4 Å². The van der Waals surface area contributed by atoms with E-state index in [1.165, 1.54) is 0 Å². The van der Waals surface area contributed by atoms with E-state index >= 15 is 0 Å². The van der Waals surface area contributed by atoms with E-state index in [1.807, 2.05) is 24.3 Å². The second-order valence-electron chi connectivity index (χ2n) is 5.96. The van der Waals surface area contributed by atoms with Crippen LogP contribution in [0.4, 0.5) is 0 Å². The molecule has 0 unspecified atom stereocenters. The summed E-state index contributed by atoms with van der Waals surface area (Å²) < 4.78 is 0. The van der Waals surface area contributed by atoms with Crippen molar-refractivity contribution in [3.05, 3.63) is 34.9 Å². The molecule has 2 fully saturated rings. The quantitative estimate of drug-likeness (QED) is 0.913. The summed E-state index contributed by atoms with van der Waals surface area (Å²) in [6.07, 6.45) is 4.42. The zero-order valence-corrected chi connectivity index (χ0v) is 12.8. The fourth-order valence-corrected chi connectivity index (χ4v) is 3.35. The van der Waals surface area contributed by atoms with Crippen LogP contribution < -0.4 is 5.73 Å². The summed E-state index contributed by atoms with van der Waals surface area (Å²) in [5.41, 5.74) is 7.00. The highest BCUT2D eigenvalue weighted by atomic mass is 35.5. The summed E-state index contributed by atoms with van der Waals surface area (Å²) in [6, 6.07) is 7.91. The van der Waals surface area contributed by atoms with E-state index in [2.05, 4.69) is 0 Å². The number of benzene rings is 1. The van der Waals surface area contributed by atoms with Crippen LogP contribution >= 0.6 is 11.6 Å². The number of hydrogen-bond acceptors (Lipinski definition) is 3. The van der Waals surface area contributed by atoms with Crippen LogP contribution in [0.25, 0.3) is 0 Å². The molecule has 0 aromatic heterocycles. The molecule has 1 heterocycles. The minimum Gasteiger partial charge on any atom is -0.328 e. The first-order chi connectivity index (χ1) is 10.1. The van der Waals surface area contributed by atoms with Gasteiger partial charge in [0.25, 0.3) is 0 Å². The maximum absolute atomic E-state index is 12.7. The van der Waals surface area contributed by atoms with E-state index in [0.717, 1.165) is 37.7 Å². The monoisotopic (exact) mass is 308 g/mol. The Hall–Kier alpha value is -1.10. The molecule has 1 amide bonds. The molecule has 21 heavy (non-hydrogen) atoms. The molecule has 2 aliphatic rings. The van der Waals surface area contributed by atoms with Crippen LogP contribution in [-0.4, -0.2) is 23.6 Å². The Bertz CT molecular complexity index is 498. The molecule has 1 aromatic carbocycles. The zero-order chi connectivity index (χ0) is 14.8. The molecule has 1 atom stereocenters. The SMILES string of the molecule is NC1CCC(C(=O)N2OCC[C@H]2c2ccc(Cl)cc2)CC1. The van der Waals surface area contributed by atoms with E-state index < -0.39 is 0 Å². The van der Waals surface area contributed by atoms with Crippen LogP contribution in [0, 0.1) is 5.92 Å². The third-order valence-electron chi connectivity index (χ3n) is 4.50. The molecule has 1 aliphatic carbocycles. The van der Waals surface area contributed by atoms with Crippen molar-refractivity contribution in [2.45, 2.75) is 44.2 Å². The molecule has 114 valence electrons. The molecular formula is C16H21ClN2O2. The van der Waals surface area contributed by atoms with Gasteiger partial charge >= 0.3 is 0 Å². The average molecular weight is 309 g/mol. The molecular weight excluding hydrogens is 288 g/mol. The lowest BCUT2D eigenvalue weighted by Crippen LogP contribution is -2.38. The van der Waals surface area contributed by atoms with Gasteiger partial charge in [-0.3, -0.25) is 9.63 Å². The molecule has 1 saturated carbocycles. The first-order valence-corrected chi connectivity index (χ1v) is 8.00. The van der Waals surface area contributed by atoms with Crippen molar-refractivity contribution in [1.82, 2.24) is 5.06 Å². The summed E-state index contributed by atoms with van der Waals surface area (Å²) in [6.45, 7) is 0.589. The lowest BCUT2D eigenvalue weighted by atomic mass is 9.85. The Kier molecular flexibility index (Phi) is 4.48. The molecule has 4 nitrogen and oxygen atoms in total. The summed E-state index contributed by atoms with van der Waals surface area (Å²) >= 11 is 5.93. The molecule has 0 radical (unpaired) electrons. The van der Waals surface area contributed by atoms with E-state index in [1.54, 1.807) is 5.06 Å². The molecule has 0 bridgehead atoms. The van der Waals surface area contributed by atoms with Crippen LogP contribution in [0.3, 0.4) is 0 Å². The molecule has 1 aliphatic heterocycles. The van der Waals surface area contributed by atoms with Crippen molar-refractivity contribution in [2.24, 2.45) is 11.7 Å². The van der Waals surface area contributed by atoms with Gasteiger partial charge in [-0.25, -0.2) is 5.06 Å². The van der Waals surface area contributed by atoms with Crippen LogP contribution in [-0.2, 0) is 9.63 Å². The van der Waals surface area contributed by atoms with Crippen molar-refractivity contribution >= 4 is 17.5 Å². The number of nitrogens with zero attached hydrogens (tertiary/aromatic N) is 1. The Balaban J connectivity index is 1.71. The van der Waals surface area contributed by atoms with Crippen LogP contribution in [0.5, 0.6) is 0 Å². The number of hydroxylamine groups is 2. The Morgan fingerprint density at radius 3 is 2.48 bits per heavy atom. The molecule has 2 N–H and O–H groups in total. The zero-order valence-electron chi connectivity index (χ0n) is 12.0. The van der Waals surface area contributed by atoms with Crippen molar-refractivity contribution in [2.75, 3.05) is 6.61 Å². The number of halogens is 1. The van der Waals surface area contributed by atoms with Crippen molar-refractivity contribution in [3.63, 3.8) is 0 Å². The van der Waals surface area contributed by atoms with Gasteiger partial charge in [-0.05, 0) is 43.4 Å². The smallest absolute Gasteiger partial charge is 0.249 e. The van der Waals surface area contributed by atoms with Gasteiger partial charge in [-0.2, -0.15) is 0 Å². The second-order valence-corrected chi connectivity index (χ2v) is 6.40. The summed E-state index contributed by atoms with van der Waals surface area (Å²) in [5.74, 6) is 0.164. The summed E-state index contributed by atoms with van der Waals surface area (Å²) in [5, 5.41) is 2.29. The van der Waals surface area contributed by atoms with Gasteiger partial charge in [-0.15, -0.1) is 0 Å². The van der Waals surface area contributed by atoms with Crippen LogP contribution in [0.15, 0.2) is 24.3 Å². The number of hydrogen-bond donors (Lipinski definition) is 1. The maximum atomic E-state index is 12.7. The lowest BCUT2D eigenvalue weighted by Gasteiger charge is -2.30. The number of amides is 1. The minimum atomic E-state index is 0.00497.